The van der Waals surface area contributed by atoms with E-state index >= 15 is 0 Å². The average Bonchev–Trinajstić information content (AvgIpc) is 3.57. The molecule has 1 aliphatic heterocycles. The highest BCUT2D eigenvalue weighted by atomic mass is 19.1. The summed E-state index contributed by atoms with van der Waals surface area (Å²) in [4.78, 5) is 40.6. The van der Waals surface area contributed by atoms with Crippen LogP contribution in [0.5, 0.6) is 6.01 Å². The van der Waals surface area contributed by atoms with Gasteiger partial charge in [-0.2, -0.15) is 4.98 Å². The molecule has 0 unspecified atom stereocenters. The molecule has 13 heteroatoms. The number of primary amides is 1. The lowest BCUT2D eigenvalue weighted by Crippen LogP contribution is -2.47. The van der Waals surface area contributed by atoms with Crippen molar-refractivity contribution in [3.05, 3.63) is 48.2 Å². The van der Waals surface area contributed by atoms with Crippen LogP contribution in [0.4, 0.5) is 4.39 Å². The van der Waals surface area contributed by atoms with Crippen LogP contribution in [0.15, 0.2) is 36.5 Å². The second-order valence-electron chi connectivity index (χ2n) is 9.41. The predicted octanol–water partition coefficient (Wildman–Crippen LogP) is 1.66. The van der Waals surface area contributed by atoms with Gasteiger partial charge in [0.05, 0.1) is 36.9 Å². The van der Waals surface area contributed by atoms with Crippen molar-refractivity contribution in [1.82, 2.24) is 19.9 Å². The van der Waals surface area contributed by atoms with E-state index in [-0.39, 0.29) is 32.4 Å². The number of hydrogen-bond donors (Lipinski definition) is 3. The molecule has 1 saturated carbocycles. The summed E-state index contributed by atoms with van der Waals surface area (Å²) in [5.74, 6) is -1.41. The van der Waals surface area contributed by atoms with Crippen LogP contribution in [0, 0.1) is 11.2 Å². The highest BCUT2D eigenvalue weighted by Gasteiger charge is 2.55. The van der Waals surface area contributed by atoms with Gasteiger partial charge in [0.15, 0.2) is 11.4 Å². The first kappa shape index (κ1) is 25.7. The Hall–Kier alpha value is -3.94. The van der Waals surface area contributed by atoms with E-state index < -0.39 is 35.0 Å². The summed E-state index contributed by atoms with van der Waals surface area (Å²) in [6.07, 6.45) is 1.33. The summed E-state index contributed by atoms with van der Waals surface area (Å²) in [6, 6.07) is 7.47. The van der Waals surface area contributed by atoms with Crippen molar-refractivity contribution in [3.63, 3.8) is 0 Å². The summed E-state index contributed by atoms with van der Waals surface area (Å²) >= 11 is 0. The van der Waals surface area contributed by atoms with Crippen molar-refractivity contribution >= 4 is 11.9 Å². The van der Waals surface area contributed by atoms with E-state index in [2.05, 4.69) is 19.9 Å². The second-order valence-corrected chi connectivity index (χ2v) is 9.41. The number of carbonyl (C=O) groups excluding carboxylic acids is 2. The van der Waals surface area contributed by atoms with Crippen LogP contribution in [0.1, 0.15) is 31.9 Å². The molecule has 1 saturated heterocycles. The second kappa shape index (κ2) is 10.1. The lowest BCUT2D eigenvalue weighted by atomic mass is 9.92. The minimum Gasteiger partial charge on any atom is -0.461 e. The van der Waals surface area contributed by atoms with Crippen molar-refractivity contribution in [1.29, 1.82) is 0 Å². The lowest BCUT2D eigenvalue weighted by molar-refractivity contribution is -0.240. The number of esters is 1. The highest BCUT2D eigenvalue weighted by molar-refractivity contribution is 5.90. The number of H-pyrrole nitrogens is 1. The van der Waals surface area contributed by atoms with Crippen LogP contribution in [0.3, 0.4) is 0 Å². The molecule has 38 heavy (non-hydrogen) atoms. The summed E-state index contributed by atoms with van der Waals surface area (Å²) < 4.78 is 36.0. The average molecular weight is 528 g/mol. The smallest absolute Gasteiger partial charge is 0.317 e. The van der Waals surface area contributed by atoms with Gasteiger partial charge in [-0.05, 0) is 37.3 Å². The summed E-state index contributed by atoms with van der Waals surface area (Å²) in [5.41, 5.74) is 4.92. The summed E-state index contributed by atoms with van der Waals surface area (Å²) in [7, 11) is 0. The van der Waals surface area contributed by atoms with Gasteiger partial charge in [-0.25, -0.2) is 14.4 Å². The first-order valence-electron chi connectivity index (χ1n) is 11.9. The number of ether oxygens (including phenoxy) is 4. The molecule has 1 amide bonds. The number of rotatable bonds is 9. The third-order valence-corrected chi connectivity index (χ3v) is 6.32. The zero-order valence-corrected chi connectivity index (χ0v) is 20.5. The Labute approximate surface area is 216 Å². The number of aromatic amines is 1. The van der Waals surface area contributed by atoms with Crippen molar-refractivity contribution in [2.75, 3.05) is 26.4 Å². The van der Waals surface area contributed by atoms with E-state index in [1.54, 1.807) is 25.1 Å². The molecule has 0 spiro atoms. The molecular formula is C25H26FN5O7. The molecule has 12 nitrogen and oxygen atoms in total. The zero-order valence-electron chi connectivity index (χ0n) is 20.5. The number of carbonyl (C=O) groups is 2. The van der Waals surface area contributed by atoms with Crippen LogP contribution < -0.4 is 10.5 Å². The van der Waals surface area contributed by atoms with E-state index in [1.807, 2.05) is 0 Å². The van der Waals surface area contributed by atoms with Crippen LogP contribution in [0.25, 0.3) is 22.6 Å². The molecule has 3 aromatic rings. The minimum absolute atomic E-state index is 0.0218. The lowest BCUT2D eigenvalue weighted by Gasteiger charge is -2.35. The standard InChI is InChI=1S/C25H26FN5O7/c1-24(22(34)38-25(7-8-25)21(27)33)12-36-20(37-13-24)19-30-17(14-2-4-15(26)5-3-14)18(31-19)16-6-9-28-23(29-16)35-11-10-32/h2-6,9,20,32H,7-8,10-13H2,1H3,(H2,27,33)(H,30,31). The van der Waals surface area contributed by atoms with E-state index in [4.69, 9.17) is 29.8 Å². The van der Waals surface area contributed by atoms with E-state index in [0.29, 0.717) is 41.3 Å². The third-order valence-electron chi connectivity index (χ3n) is 6.32. The molecule has 3 heterocycles. The number of hydrogen-bond acceptors (Lipinski definition) is 10. The van der Waals surface area contributed by atoms with E-state index in [0.717, 1.165) is 0 Å². The fourth-order valence-electron chi connectivity index (χ4n) is 3.89. The SMILES string of the molecule is CC1(C(=O)OC2(C(N)=O)CC2)COC(c2nc(-c3ccc(F)cc3)c(-c3ccnc(OCCO)n3)[nH]2)OC1. The largest absolute Gasteiger partial charge is 0.461 e. The van der Waals surface area contributed by atoms with Gasteiger partial charge in [0.1, 0.15) is 17.8 Å². The van der Waals surface area contributed by atoms with Crippen LogP contribution in [-0.2, 0) is 23.8 Å². The predicted molar refractivity (Wildman–Crippen MR) is 128 cm³/mol. The molecule has 0 bridgehead atoms. The molecule has 0 radical (unpaired) electrons. The van der Waals surface area contributed by atoms with Crippen LogP contribution >= 0.6 is 0 Å². The molecule has 2 fully saturated rings. The van der Waals surface area contributed by atoms with Gasteiger partial charge in [0.25, 0.3) is 5.91 Å². The third kappa shape index (κ3) is 5.08. The Bertz CT molecular complexity index is 1330. The maximum Gasteiger partial charge on any atom is 0.317 e. The van der Waals surface area contributed by atoms with E-state index in [9.17, 15) is 14.0 Å². The normalized spacial score (nSPS) is 22.0. The van der Waals surface area contributed by atoms with E-state index in [1.165, 1.54) is 18.3 Å². The number of amides is 1. The quantitative estimate of drug-likeness (QED) is 0.348. The molecule has 2 aromatic heterocycles. The number of imidazole rings is 1. The van der Waals surface area contributed by atoms with Crippen molar-refractivity contribution < 1.29 is 38.0 Å². The van der Waals surface area contributed by atoms with Crippen LogP contribution in [-0.4, -0.2) is 68.9 Å². The van der Waals surface area contributed by atoms with Crippen molar-refractivity contribution in [2.24, 2.45) is 11.1 Å². The van der Waals surface area contributed by atoms with Gasteiger partial charge < -0.3 is 34.8 Å². The Kier molecular flexibility index (Phi) is 6.82. The molecule has 0 atom stereocenters. The molecule has 2 aliphatic rings. The summed E-state index contributed by atoms with van der Waals surface area (Å²) in [5, 5.41) is 9.03. The molecule has 5 rings (SSSR count). The molecule has 1 aliphatic carbocycles. The summed E-state index contributed by atoms with van der Waals surface area (Å²) in [6.45, 7) is 1.33. The number of aliphatic hydroxyl groups is 1. The number of nitrogens with one attached hydrogen (secondary N) is 1. The minimum atomic E-state index is -1.24. The van der Waals surface area contributed by atoms with Crippen molar-refractivity contribution in [2.45, 2.75) is 31.7 Å². The van der Waals surface area contributed by atoms with Gasteiger partial charge in [-0.1, -0.05) is 0 Å². The van der Waals surface area contributed by atoms with Gasteiger partial charge in [0, 0.05) is 24.6 Å². The van der Waals surface area contributed by atoms with Gasteiger partial charge in [-0.15, -0.1) is 0 Å². The number of halogens is 1. The Balaban J connectivity index is 1.39. The highest BCUT2D eigenvalue weighted by Crippen LogP contribution is 2.42. The Morgan fingerprint density at radius 3 is 2.53 bits per heavy atom. The number of aromatic nitrogens is 4. The molecule has 4 N–H and O–H groups in total. The fourth-order valence-corrected chi connectivity index (χ4v) is 3.89. The molecule has 200 valence electrons. The van der Waals surface area contributed by atoms with Gasteiger partial charge in [-0.3, -0.25) is 9.59 Å². The topological polar surface area (TPSA) is 172 Å². The number of aliphatic hydroxyl groups excluding tert-OH is 1. The monoisotopic (exact) mass is 527 g/mol. The van der Waals surface area contributed by atoms with Crippen molar-refractivity contribution in [3.8, 4) is 28.7 Å². The Morgan fingerprint density at radius 1 is 1.18 bits per heavy atom. The number of nitrogens with zero attached hydrogens (tertiary/aromatic N) is 3. The maximum atomic E-state index is 13.6. The van der Waals surface area contributed by atoms with Gasteiger partial charge in [0.2, 0.25) is 6.29 Å². The maximum absolute atomic E-state index is 13.6. The van der Waals surface area contributed by atoms with Crippen LogP contribution in [0.2, 0.25) is 0 Å². The first-order valence-corrected chi connectivity index (χ1v) is 11.9. The molecular weight excluding hydrogens is 501 g/mol. The zero-order chi connectivity index (χ0) is 26.9. The number of benzene rings is 1. The number of nitrogens with two attached hydrogens (primary N) is 1. The molecule has 1 aromatic carbocycles. The Morgan fingerprint density at radius 2 is 1.89 bits per heavy atom. The fraction of sp³-hybridized carbons (Fsp3) is 0.400. The van der Waals surface area contributed by atoms with Gasteiger partial charge >= 0.3 is 12.0 Å². The first-order chi connectivity index (χ1) is 18.2.